The predicted molar refractivity (Wildman–Crippen MR) is 66.3 cm³/mol. The van der Waals surface area contributed by atoms with E-state index in [-0.39, 0.29) is 5.91 Å². The summed E-state index contributed by atoms with van der Waals surface area (Å²) in [4.78, 5) is 13.6. The topological polar surface area (TPSA) is 20.3 Å². The van der Waals surface area contributed by atoms with Gasteiger partial charge in [-0.05, 0) is 30.5 Å². The van der Waals surface area contributed by atoms with E-state index < -0.39 is 0 Å². The third kappa shape index (κ3) is 2.64. The van der Waals surface area contributed by atoms with E-state index in [0.717, 1.165) is 31.5 Å². The van der Waals surface area contributed by atoms with Crippen LogP contribution in [-0.2, 0) is 4.79 Å². The monoisotopic (exact) mass is 235 g/mol. The van der Waals surface area contributed by atoms with Gasteiger partial charge in [0.25, 0.3) is 0 Å². The van der Waals surface area contributed by atoms with Crippen molar-refractivity contribution in [2.45, 2.75) is 12.8 Å². The van der Waals surface area contributed by atoms with Crippen LogP contribution in [-0.4, -0.2) is 23.9 Å². The van der Waals surface area contributed by atoms with Crippen LogP contribution in [0.1, 0.15) is 18.4 Å². The molecule has 0 N–H and O–H groups in total. The minimum Gasteiger partial charge on any atom is -0.339 e. The van der Waals surface area contributed by atoms with E-state index in [1.54, 1.807) is 12.2 Å². The summed E-state index contributed by atoms with van der Waals surface area (Å²) in [6.07, 6.45) is 5.62. The molecule has 2 nitrogen and oxygen atoms in total. The zero-order valence-corrected chi connectivity index (χ0v) is 9.78. The van der Waals surface area contributed by atoms with Crippen LogP contribution in [0.2, 0.25) is 5.02 Å². The maximum atomic E-state index is 11.7. The van der Waals surface area contributed by atoms with Gasteiger partial charge in [-0.25, -0.2) is 0 Å². The van der Waals surface area contributed by atoms with Gasteiger partial charge in [-0.3, -0.25) is 4.79 Å². The van der Waals surface area contributed by atoms with Crippen LogP contribution in [0.5, 0.6) is 0 Å². The van der Waals surface area contributed by atoms with Crippen LogP contribution in [0, 0.1) is 0 Å². The van der Waals surface area contributed by atoms with Crippen LogP contribution in [0.4, 0.5) is 0 Å². The molecule has 1 fully saturated rings. The number of benzene rings is 1. The van der Waals surface area contributed by atoms with E-state index in [0.29, 0.717) is 5.02 Å². The lowest BCUT2D eigenvalue weighted by Gasteiger charge is -2.11. The van der Waals surface area contributed by atoms with Crippen LogP contribution in [0.25, 0.3) is 6.08 Å². The van der Waals surface area contributed by atoms with Gasteiger partial charge in [0.15, 0.2) is 0 Å². The molecule has 0 unspecified atom stereocenters. The molecule has 1 saturated heterocycles. The van der Waals surface area contributed by atoms with Crippen LogP contribution in [0.3, 0.4) is 0 Å². The summed E-state index contributed by atoms with van der Waals surface area (Å²) in [5.74, 6) is 0.0809. The highest BCUT2D eigenvalue weighted by Gasteiger charge is 2.14. The third-order valence-corrected chi connectivity index (χ3v) is 3.07. The molecule has 1 aliphatic rings. The SMILES string of the molecule is O=C(/C=C/c1ccccc1Cl)N1CCCC1. The Labute approximate surface area is 101 Å². The molecule has 0 atom stereocenters. The number of carbonyl (C=O) groups is 1. The number of rotatable bonds is 2. The Morgan fingerprint density at radius 1 is 1.25 bits per heavy atom. The average Bonchev–Trinajstić information content (AvgIpc) is 2.81. The van der Waals surface area contributed by atoms with Gasteiger partial charge in [-0.2, -0.15) is 0 Å². The summed E-state index contributed by atoms with van der Waals surface area (Å²) in [7, 11) is 0. The first kappa shape index (κ1) is 11.2. The second kappa shape index (κ2) is 5.17. The Balaban J connectivity index is 2.03. The van der Waals surface area contributed by atoms with Crippen molar-refractivity contribution >= 4 is 23.6 Å². The van der Waals surface area contributed by atoms with Crippen molar-refractivity contribution in [3.05, 3.63) is 40.9 Å². The number of amides is 1. The summed E-state index contributed by atoms with van der Waals surface area (Å²) in [5, 5.41) is 0.674. The van der Waals surface area contributed by atoms with E-state index in [1.165, 1.54) is 0 Å². The summed E-state index contributed by atoms with van der Waals surface area (Å²) in [6.45, 7) is 1.76. The maximum absolute atomic E-state index is 11.7. The van der Waals surface area contributed by atoms with Gasteiger partial charge < -0.3 is 4.90 Å². The lowest BCUT2D eigenvalue weighted by atomic mass is 10.2. The lowest BCUT2D eigenvalue weighted by molar-refractivity contribution is -0.124. The van der Waals surface area contributed by atoms with Crippen molar-refractivity contribution in [1.82, 2.24) is 4.90 Å². The fourth-order valence-electron chi connectivity index (χ4n) is 1.81. The zero-order valence-electron chi connectivity index (χ0n) is 9.03. The molecule has 16 heavy (non-hydrogen) atoms. The average molecular weight is 236 g/mol. The molecule has 0 aliphatic carbocycles. The molecule has 1 aromatic carbocycles. The quantitative estimate of drug-likeness (QED) is 0.722. The fraction of sp³-hybridized carbons (Fsp3) is 0.308. The number of nitrogens with zero attached hydrogens (tertiary/aromatic N) is 1. The van der Waals surface area contributed by atoms with Gasteiger partial charge >= 0.3 is 0 Å². The van der Waals surface area contributed by atoms with Crippen molar-refractivity contribution in [3.8, 4) is 0 Å². The highest BCUT2D eigenvalue weighted by molar-refractivity contribution is 6.32. The molecule has 1 heterocycles. The number of carbonyl (C=O) groups excluding carboxylic acids is 1. The molecule has 1 amide bonds. The summed E-state index contributed by atoms with van der Waals surface area (Å²) >= 11 is 5.99. The Hall–Kier alpha value is -1.28. The number of halogens is 1. The van der Waals surface area contributed by atoms with Crippen molar-refractivity contribution in [2.75, 3.05) is 13.1 Å². The van der Waals surface area contributed by atoms with Crippen molar-refractivity contribution in [3.63, 3.8) is 0 Å². The summed E-state index contributed by atoms with van der Waals surface area (Å²) in [6, 6.07) is 7.51. The van der Waals surface area contributed by atoms with Gasteiger partial charge in [-0.1, -0.05) is 29.8 Å². The second-order valence-corrected chi connectivity index (χ2v) is 4.29. The number of hydrogen-bond acceptors (Lipinski definition) is 1. The second-order valence-electron chi connectivity index (χ2n) is 3.89. The minimum absolute atomic E-state index is 0.0809. The Morgan fingerprint density at radius 2 is 1.94 bits per heavy atom. The zero-order chi connectivity index (χ0) is 11.4. The molecule has 3 heteroatoms. The molecule has 84 valence electrons. The summed E-state index contributed by atoms with van der Waals surface area (Å²) in [5.41, 5.74) is 0.886. The van der Waals surface area contributed by atoms with Crippen molar-refractivity contribution < 1.29 is 4.79 Å². The molecule has 0 radical (unpaired) electrons. The Kier molecular flexibility index (Phi) is 3.62. The molecule has 1 aliphatic heterocycles. The maximum Gasteiger partial charge on any atom is 0.246 e. The molecule has 2 rings (SSSR count). The van der Waals surface area contributed by atoms with E-state index in [9.17, 15) is 4.79 Å². The van der Waals surface area contributed by atoms with Gasteiger partial charge in [0.05, 0.1) is 0 Å². The third-order valence-electron chi connectivity index (χ3n) is 2.73. The largest absolute Gasteiger partial charge is 0.339 e. The van der Waals surface area contributed by atoms with Gasteiger partial charge in [0.2, 0.25) is 5.91 Å². The molecule has 0 aromatic heterocycles. The molecular formula is C13H14ClNO. The molecule has 1 aromatic rings. The first-order chi connectivity index (χ1) is 7.77. The first-order valence-electron chi connectivity index (χ1n) is 5.49. The molecule has 0 spiro atoms. The first-order valence-corrected chi connectivity index (χ1v) is 5.87. The van der Waals surface area contributed by atoms with Crippen molar-refractivity contribution in [2.24, 2.45) is 0 Å². The van der Waals surface area contributed by atoms with E-state index in [4.69, 9.17) is 11.6 Å². The fourth-order valence-corrected chi connectivity index (χ4v) is 2.01. The van der Waals surface area contributed by atoms with Gasteiger partial charge in [-0.15, -0.1) is 0 Å². The lowest BCUT2D eigenvalue weighted by Crippen LogP contribution is -2.25. The number of likely N-dealkylation sites (tertiary alicyclic amines) is 1. The highest BCUT2D eigenvalue weighted by Crippen LogP contribution is 2.16. The minimum atomic E-state index is 0.0809. The van der Waals surface area contributed by atoms with Gasteiger partial charge in [0.1, 0.15) is 0 Å². The summed E-state index contributed by atoms with van der Waals surface area (Å²) < 4.78 is 0. The van der Waals surface area contributed by atoms with Crippen LogP contribution in [0.15, 0.2) is 30.3 Å². The van der Waals surface area contributed by atoms with E-state index >= 15 is 0 Å². The Morgan fingerprint density at radius 3 is 2.62 bits per heavy atom. The highest BCUT2D eigenvalue weighted by atomic mass is 35.5. The smallest absolute Gasteiger partial charge is 0.246 e. The molecular weight excluding hydrogens is 222 g/mol. The number of hydrogen-bond donors (Lipinski definition) is 0. The van der Waals surface area contributed by atoms with Gasteiger partial charge in [0, 0.05) is 24.2 Å². The predicted octanol–water partition coefficient (Wildman–Crippen LogP) is 2.98. The molecule has 0 saturated carbocycles. The normalized spacial score (nSPS) is 15.9. The van der Waals surface area contributed by atoms with Crippen LogP contribution < -0.4 is 0 Å². The van der Waals surface area contributed by atoms with Crippen LogP contribution >= 0.6 is 11.6 Å². The van der Waals surface area contributed by atoms with Crippen molar-refractivity contribution in [1.29, 1.82) is 0 Å². The Bertz CT molecular complexity index is 408. The van der Waals surface area contributed by atoms with E-state index in [1.807, 2.05) is 29.2 Å². The standard InChI is InChI=1S/C13H14ClNO/c14-12-6-2-1-5-11(12)7-8-13(16)15-9-3-4-10-15/h1-2,5-8H,3-4,9-10H2/b8-7+. The molecule has 0 bridgehead atoms. The van der Waals surface area contributed by atoms with E-state index in [2.05, 4.69) is 0 Å².